The maximum atomic E-state index is 13.2. The maximum absolute atomic E-state index is 13.2. The molecule has 0 heterocycles. The van der Waals surface area contributed by atoms with E-state index >= 15 is 0 Å². The van der Waals surface area contributed by atoms with Crippen molar-refractivity contribution in [3.05, 3.63) is 58.2 Å². The largest absolute Gasteiger partial charge is 0.507 e. The second-order valence-electron chi connectivity index (χ2n) is 13.1. The topological polar surface area (TPSA) is 165 Å². The van der Waals surface area contributed by atoms with E-state index in [1.807, 2.05) is 6.92 Å². The second kappa shape index (κ2) is 19.4. The molecule has 0 saturated carbocycles. The molecule has 0 bridgehead atoms. The summed E-state index contributed by atoms with van der Waals surface area (Å²) in [6, 6.07) is 5.04. The van der Waals surface area contributed by atoms with Gasteiger partial charge in [0.15, 0.2) is 5.78 Å². The van der Waals surface area contributed by atoms with E-state index in [0.29, 0.717) is 78.8 Å². The molecule has 2 unspecified atom stereocenters. The SMILES string of the molecule is C=C1c2c(OC)cccc2C(=O)c2c(O)c3c(c(O)c21)C(OC)C[C@@](C)(O)C3.CCCOCC(=O)N(C)CCN(C)C(=O)C(C)OCCOCCS. The van der Waals surface area contributed by atoms with Crippen molar-refractivity contribution in [3.8, 4) is 17.2 Å². The average molecular weight is 747 g/mol. The molecule has 13 nitrogen and oxygen atoms in total. The summed E-state index contributed by atoms with van der Waals surface area (Å²) >= 11 is 4.04. The number of fused-ring (bicyclic) bond motifs is 3. The number of hydrogen-bond donors (Lipinski definition) is 4. The minimum absolute atomic E-state index is 0.00504. The molecular weight excluding hydrogens is 692 g/mol. The summed E-state index contributed by atoms with van der Waals surface area (Å²) in [4.78, 5) is 40.4. The number of nitrogens with zero attached hydrogens (tertiary/aromatic N) is 2. The van der Waals surface area contributed by atoms with Gasteiger partial charge in [-0.05, 0) is 31.9 Å². The molecule has 2 aliphatic carbocycles. The molecule has 0 fully saturated rings. The molecule has 3 atom stereocenters. The number of benzene rings is 2. The van der Waals surface area contributed by atoms with Gasteiger partial charge in [-0.15, -0.1) is 0 Å². The highest BCUT2D eigenvalue weighted by molar-refractivity contribution is 7.80. The number of carbonyl (C=O) groups is 3. The number of likely N-dealkylation sites (N-methyl/N-ethyl adjacent to an activating group) is 2. The Labute approximate surface area is 311 Å². The molecule has 0 aliphatic heterocycles. The number of carbonyl (C=O) groups excluding carboxylic acids is 3. The highest BCUT2D eigenvalue weighted by Crippen LogP contribution is 2.54. The number of amides is 2. The highest BCUT2D eigenvalue weighted by atomic mass is 32.1. The minimum atomic E-state index is -1.14. The molecule has 2 aromatic carbocycles. The number of thiol groups is 1. The van der Waals surface area contributed by atoms with Crippen molar-refractivity contribution in [3.63, 3.8) is 0 Å². The first-order valence-corrected chi connectivity index (χ1v) is 17.9. The van der Waals surface area contributed by atoms with Crippen molar-refractivity contribution >= 4 is 35.8 Å². The van der Waals surface area contributed by atoms with Crippen LogP contribution in [0.1, 0.15) is 77.9 Å². The summed E-state index contributed by atoms with van der Waals surface area (Å²) in [7, 11) is 6.38. The third-order valence-corrected chi connectivity index (χ3v) is 9.21. The van der Waals surface area contributed by atoms with Gasteiger partial charge in [-0.2, -0.15) is 12.6 Å². The highest BCUT2D eigenvalue weighted by Gasteiger charge is 2.43. The van der Waals surface area contributed by atoms with Crippen LogP contribution in [0.15, 0.2) is 24.8 Å². The summed E-state index contributed by atoms with van der Waals surface area (Å²) in [6.07, 6.45) is 0.0639. The molecule has 4 rings (SSSR count). The smallest absolute Gasteiger partial charge is 0.251 e. The van der Waals surface area contributed by atoms with Gasteiger partial charge >= 0.3 is 0 Å². The Morgan fingerprint density at radius 1 is 1.02 bits per heavy atom. The minimum Gasteiger partial charge on any atom is -0.507 e. The zero-order valence-electron chi connectivity index (χ0n) is 31.3. The van der Waals surface area contributed by atoms with Crippen LogP contribution in [-0.2, 0) is 35.0 Å². The van der Waals surface area contributed by atoms with Gasteiger partial charge in [-0.3, -0.25) is 14.4 Å². The molecule has 288 valence electrons. The Morgan fingerprint density at radius 2 is 1.71 bits per heavy atom. The van der Waals surface area contributed by atoms with Crippen LogP contribution in [-0.4, -0.2) is 135 Å². The number of methoxy groups -OCH3 is 2. The van der Waals surface area contributed by atoms with Crippen LogP contribution in [0, 0.1) is 0 Å². The molecular formula is C38H54N2O11S. The van der Waals surface area contributed by atoms with Crippen molar-refractivity contribution in [2.24, 2.45) is 0 Å². The lowest BCUT2D eigenvalue weighted by Crippen LogP contribution is -2.42. The van der Waals surface area contributed by atoms with E-state index in [9.17, 15) is 29.7 Å². The zero-order valence-corrected chi connectivity index (χ0v) is 32.2. The fourth-order valence-electron chi connectivity index (χ4n) is 6.23. The van der Waals surface area contributed by atoms with E-state index in [1.165, 1.54) is 14.2 Å². The summed E-state index contributed by atoms with van der Waals surface area (Å²) in [6.45, 7) is 12.3. The molecule has 0 saturated heterocycles. The summed E-state index contributed by atoms with van der Waals surface area (Å²) in [5, 5.41) is 32.7. The van der Waals surface area contributed by atoms with Gasteiger partial charge in [0.25, 0.3) is 5.91 Å². The molecule has 2 amide bonds. The van der Waals surface area contributed by atoms with Crippen molar-refractivity contribution in [2.45, 2.75) is 57.8 Å². The Morgan fingerprint density at radius 3 is 2.35 bits per heavy atom. The van der Waals surface area contributed by atoms with Gasteiger partial charge in [0.1, 0.15) is 30.0 Å². The van der Waals surface area contributed by atoms with Crippen molar-refractivity contribution in [1.82, 2.24) is 9.80 Å². The third kappa shape index (κ3) is 10.1. The van der Waals surface area contributed by atoms with Gasteiger partial charge in [-0.1, -0.05) is 25.6 Å². The van der Waals surface area contributed by atoms with E-state index in [4.69, 9.17) is 23.7 Å². The van der Waals surface area contributed by atoms with E-state index in [-0.39, 0.29) is 53.9 Å². The first-order valence-electron chi connectivity index (χ1n) is 17.3. The van der Waals surface area contributed by atoms with Crippen molar-refractivity contribution < 1.29 is 53.4 Å². The fraction of sp³-hybridized carbons (Fsp3) is 0.553. The van der Waals surface area contributed by atoms with Crippen LogP contribution in [0.2, 0.25) is 0 Å². The average Bonchev–Trinajstić information content (AvgIpc) is 3.12. The summed E-state index contributed by atoms with van der Waals surface area (Å²) < 4.78 is 26.8. The van der Waals surface area contributed by atoms with Crippen LogP contribution < -0.4 is 4.74 Å². The predicted octanol–water partition coefficient (Wildman–Crippen LogP) is 3.78. The molecule has 0 aromatic heterocycles. The number of aromatic hydroxyl groups is 2. The number of rotatable bonds is 16. The number of ether oxygens (including phenoxy) is 5. The first kappa shape index (κ1) is 42.8. The number of phenolic OH excluding ortho intramolecular Hbond substituents is 2. The molecule has 2 aliphatic rings. The van der Waals surface area contributed by atoms with Crippen LogP contribution in [0.25, 0.3) is 5.57 Å². The molecule has 3 N–H and O–H groups in total. The standard InChI is InChI=1S/C22H22O6.C16H32N2O5S/c1-10-15-11(6-5-7-13(15)27-3)19(23)18-16(10)21(25)17-12(20(18)24)8-22(2,26)9-14(17)28-4;1-5-8-22-13-15(19)17(3)6-7-18(4)16(20)14(2)23-10-9-21-11-12-24/h5-7,14,24-26H,1,8-9H2,2-4H3;14,24H,5-13H2,1-4H3/t14?,22-;/m0./s1. The van der Waals surface area contributed by atoms with Crippen LogP contribution in [0.3, 0.4) is 0 Å². The quantitative estimate of drug-likeness (QED) is 0.0959. The third-order valence-electron chi connectivity index (χ3n) is 9.03. The molecule has 52 heavy (non-hydrogen) atoms. The zero-order chi connectivity index (χ0) is 38.7. The molecule has 14 heteroatoms. The number of phenols is 2. The van der Waals surface area contributed by atoms with Crippen LogP contribution >= 0.6 is 12.6 Å². The monoisotopic (exact) mass is 746 g/mol. The number of hydrogen-bond acceptors (Lipinski definition) is 12. The molecule has 0 radical (unpaired) electrons. The number of aliphatic hydroxyl groups is 1. The lowest BCUT2D eigenvalue weighted by molar-refractivity contribution is -0.143. The Balaban J connectivity index is 0.000000285. The number of ketones is 1. The Hall–Kier alpha value is -3.66. The van der Waals surface area contributed by atoms with E-state index in [1.54, 1.807) is 55.9 Å². The van der Waals surface area contributed by atoms with E-state index in [0.717, 1.165) is 6.42 Å². The lowest BCUT2D eigenvalue weighted by atomic mass is 9.73. The van der Waals surface area contributed by atoms with Gasteiger partial charge in [0.05, 0.1) is 44.2 Å². The normalized spacial score (nSPS) is 18.0. The van der Waals surface area contributed by atoms with E-state index < -0.39 is 23.6 Å². The second-order valence-corrected chi connectivity index (χ2v) is 13.6. The van der Waals surface area contributed by atoms with Crippen molar-refractivity contribution in [1.29, 1.82) is 0 Å². The molecule has 2 aromatic rings. The molecule has 0 spiro atoms. The predicted molar refractivity (Wildman–Crippen MR) is 199 cm³/mol. The first-order chi connectivity index (χ1) is 24.6. The summed E-state index contributed by atoms with van der Waals surface area (Å²) in [5.41, 5.74) is 0.985. The lowest BCUT2D eigenvalue weighted by Gasteiger charge is -2.37. The van der Waals surface area contributed by atoms with Gasteiger partial charge in [0.2, 0.25) is 5.91 Å². The van der Waals surface area contributed by atoms with Crippen LogP contribution in [0.4, 0.5) is 0 Å². The van der Waals surface area contributed by atoms with Gasteiger partial charge in [0, 0.05) is 87.3 Å². The summed E-state index contributed by atoms with van der Waals surface area (Å²) in [5.74, 6) is 0.0922. The maximum Gasteiger partial charge on any atom is 0.251 e. The Bertz CT molecular complexity index is 1600. The van der Waals surface area contributed by atoms with Crippen molar-refractivity contribution in [2.75, 3.05) is 80.2 Å². The van der Waals surface area contributed by atoms with Gasteiger partial charge < -0.3 is 48.8 Å². The Kier molecular flexibility index (Phi) is 16.0. The van der Waals surface area contributed by atoms with Crippen LogP contribution in [0.5, 0.6) is 17.2 Å². The van der Waals surface area contributed by atoms with Gasteiger partial charge in [-0.25, -0.2) is 0 Å². The van der Waals surface area contributed by atoms with E-state index in [2.05, 4.69) is 19.2 Å². The fourth-order valence-corrected chi connectivity index (χ4v) is 6.36.